The van der Waals surface area contributed by atoms with E-state index in [9.17, 15) is 9.59 Å². The Balaban J connectivity index is 1.67. The molecule has 1 aromatic heterocycles. The highest BCUT2D eigenvalue weighted by molar-refractivity contribution is 6.08. The number of aliphatic hydroxyl groups excluding tert-OH is 1. The van der Waals surface area contributed by atoms with Crippen molar-refractivity contribution in [1.82, 2.24) is 4.57 Å². The van der Waals surface area contributed by atoms with Crippen molar-refractivity contribution in [2.45, 2.75) is 39.7 Å². The van der Waals surface area contributed by atoms with Gasteiger partial charge in [-0.15, -0.1) is 0 Å². The Hall–Kier alpha value is -3.28. The fourth-order valence-electron chi connectivity index (χ4n) is 3.99. The standard InChI is InChI=1S/C25H29NO5/c1-4-19(25(29)31-14-13-30-24(28)16-18(3)27)15-17(2)26-22-11-7-5-9-20(22)21-10-6-8-12-23(21)26/h5-12,16-17,19,27H,4,13-15H2,1-3H3. The van der Waals surface area contributed by atoms with Gasteiger partial charge >= 0.3 is 11.9 Å². The summed E-state index contributed by atoms with van der Waals surface area (Å²) in [4.78, 5) is 24.0. The number of hydrogen-bond acceptors (Lipinski definition) is 5. The summed E-state index contributed by atoms with van der Waals surface area (Å²) in [6.07, 6.45) is 2.28. The van der Waals surface area contributed by atoms with Gasteiger partial charge in [0.1, 0.15) is 13.2 Å². The van der Waals surface area contributed by atoms with E-state index in [1.807, 2.05) is 31.2 Å². The average Bonchev–Trinajstić information content (AvgIpc) is 3.09. The van der Waals surface area contributed by atoms with Gasteiger partial charge < -0.3 is 19.1 Å². The van der Waals surface area contributed by atoms with E-state index in [1.165, 1.54) is 17.7 Å². The lowest BCUT2D eigenvalue weighted by molar-refractivity contribution is -0.153. The summed E-state index contributed by atoms with van der Waals surface area (Å²) >= 11 is 0. The molecule has 0 saturated carbocycles. The quantitative estimate of drug-likeness (QED) is 0.218. The molecule has 3 aromatic rings. The first kappa shape index (κ1) is 22.4. The van der Waals surface area contributed by atoms with Crippen LogP contribution in [0.4, 0.5) is 0 Å². The smallest absolute Gasteiger partial charge is 0.334 e. The van der Waals surface area contributed by atoms with Crippen molar-refractivity contribution in [1.29, 1.82) is 0 Å². The molecular formula is C25H29NO5. The number of aromatic nitrogens is 1. The fraction of sp³-hybridized carbons (Fsp3) is 0.360. The van der Waals surface area contributed by atoms with Crippen LogP contribution in [0.2, 0.25) is 0 Å². The van der Waals surface area contributed by atoms with Crippen LogP contribution in [0.25, 0.3) is 21.8 Å². The SMILES string of the molecule is CCC(CC(C)n1c2ccccc2c2ccccc21)C(=O)OCCOC(=O)C=C(C)O. The molecule has 164 valence electrons. The van der Waals surface area contributed by atoms with Crippen molar-refractivity contribution in [3.05, 3.63) is 60.4 Å². The molecular weight excluding hydrogens is 394 g/mol. The van der Waals surface area contributed by atoms with E-state index < -0.39 is 5.97 Å². The minimum absolute atomic E-state index is 0.0108. The number of nitrogens with zero attached hydrogens (tertiary/aromatic N) is 1. The van der Waals surface area contributed by atoms with Gasteiger partial charge in [0.25, 0.3) is 0 Å². The second-order valence-electron chi connectivity index (χ2n) is 7.71. The molecule has 0 fully saturated rings. The second kappa shape index (κ2) is 10.2. The second-order valence-corrected chi connectivity index (χ2v) is 7.71. The van der Waals surface area contributed by atoms with Crippen molar-refractivity contribution in [2.24, 2.45) is 5.92 Å². The monoisotopic (exact) mass is 423 g/mol. The van der Waals surface area contributed by atoms with Crippen molar-refractivity contribution in [2.75, 3.05) is 13.2 Å². The third-order valence-electron chi connectivity index (χ3n) is 5.41. The number of fused-ring (bicyclic) bond motifs is 3. The molecule has 2 unspecified atom stereocenters. The average molecular weight is 424 g/mol. The molecule has 0 aliphatic carbocycles. The van der Waals surface area contributed by atoms with Crippen molar-refractivity contribution >= 4 is 33.7 Å². The highest BCUT2D eigenvalue weighted by Crippen LogP contribution is 2.34. The number of carbonyl (C=O) groups is 2. The molecule has 0 aliphatic heterocycles. The van der Waals surface area contributed by atoms with Gasteiger partial charge in [-0.2, -0.15) is 0 Å². The van der Waals surface area contributed by atoms with E-state index in [1.54, 1.807) is 0 Å². The molecule has 0 radical (unpaired) electrons. The molecule has 2 atom stereocenters. The zero-order chi connectivity index (χ0) is 22.4. The van der Waals surface area contributed by atoms with Crippen LogP contribution in [-0.4, -0.2) is 34.8 Å². The topological polar surface area (TPSA) is 77.8 Å². The van der Waals surface area contributed by atoms with Crippen LogP contribution in [0.15, 0.2) is 60.4 Å². The first-order chi connectivity index (χ1) is 14.9. The van der Waals surface area contributed by atoms with Crippen molar-refractivity contribution in [3.8, 4) is 0 Å². The lowest BCUT2D eigenvalue weighted by Gasteiger charge is -2.22. The molecule has 0 spiro atoms. The molecule has 1 heterocycles. The predicted molar refractivity (Wildman–Crippen MR) is 121 cm³/mol. The number of esters is 2. The van der Waals surface area contributed by atoms with E-state index in [0.717, 1.165) is 17.1 Å². The van der Waals surface area contributed by atoms with Crippen molar-refractivity contribution in [3.63, 3.8) is 0 Å². The maximum atomic E-state index is 12.6. The van der Waals surface area contributed by atoms with Crippen molar-refractivity contribution < 1.29 is 24.2 Å². The number of benzene rings is 2. The van der Waals surface area contributed by atoms with Gasteiger partial charge in [0.05, 0.1) is 17.8 Å². The summed E-state index contributed by atoms with van der Waals surface area (Å²) in [5.74, 6) is -1.35. The van der Waals surface area contributed by atoms with Crippen LogP contribution in [0.5, 0.6) is 0 Å². The van der Waals surface area contributed by atoms with E-state index in [-0.39, 0.29) is 36.9 Å². The van der Waals surface area contributed by atoms with E-state index in [4.69, 9.17) is 14.6 Å². The molecule has 0 bridgehead atoms. The van der Waals surface area contributed by atoms with E-state index >= 15 is 0 Å². The summed E-state index contributed by atoms with van der Waals surface area (Å²) in [6.45, 7) is 5.42. The third kappa shape index (κ3) is 5.26. The molecule has 0 aliphatic rings. The molecule has 6 heteroatoms. The Bertz CT molecular complexity index is 1040. The predicted octanol–water partition coefficient (Wildman–Crippen LogP) is 5.32. The summed E-state index contributed by atoms with van der Waals surface area (Å²) in [7, 11) is 0. The molecule has 6 nitrogen and oxygen atoms in total. The van der Waals surface area contributed by atoms with Gasteiger partial charge in [-0.25, -0.2) is 4.79 Å². The number of rotatable bonds is 9. The first-order valence-electron chi connectivity index (χ1n) is 10.6. The Morgan fingerprint density at radius 3 is 2.10 bits per heavy atom. The van der Waals surface area contributed by atoms with Crippen LogP contribution in [0.3, 0.4) is 0 Å². The van der Waals surface area contributed by atoms with Gasteiger partial charge in [0, 0.05) is 27.8 Å². The largest absolute Gasteiger partial charge is 0.512 e. The van der Waals surface area contributed by atoms with E-state index in [2.05, 4.69) is 35.8 Å². The van der Waals surface area contributed by atoms with Gasteiger partial charge in [-0.05, 0) is 38.8 Å². The fourth-order valence-corrected chi connectivity index (χ4v) is 3.99. The van der Waals surface area contributed by atoms with Crippen LogP contribution >= 0.6 is 0 Å². The van der Waals surface area contributed by atoms with Crippen LogP contribution in [0.1, 0.15) is 39.7 Å². The number of ether oxygens (including phenoxy) is 2. The third-order valence-corrected chi connectivity index (χ3v) is 5.41. The normalized spacial score (nSPS) is 13.8. The summed E-state index contributed by atoms with van der Waals surface area (Å²) in [6, 6.07) is 16.7. The van der Waals surface area contributed by atoms with Gasteiger partial charge in [0.2, 0.25) is 0 Å². The molecule has 3 rings (SSSR count). The van der Waals surface area contributed by atoms with Crippen LogP contribution < -0.4 is 0 Å². The minimum atomic E-state index is -0.664. The summed E-state index contributed by atoms with van der Waals surface area (Å²) in [5, 5.41) is 11.4. The summed E-state index contributed by atoms with van der Waals surface area (Å²) in [5.41, 5.74) is 2.30. The summed E-state index contributed by atoms with van der Waals surface area (Å²) < 4.78 is 12.5. The zero-order valence-electron chi connectivity index (χ0n) is 18.2. The Kier molecular flexibility index (Phi) is 7.34. The minimum Gasteiger partial charge on any atom is -0.512 e. The Morgan fingerprint density at radius 2 is 1.55 bits per heavy atom. The number of allylic oxidation sites excluding steroid dienone is 1. The zero-order valence-corrected chi connectivity index (χ0v) is 18.2. The maximum Gasteiger partial charge on any atom is 0.334 e. The van der Waals surface area contributed by atoms with E-state index in [0.29, 0.717) is 12.8 Å². The maximum absolute atomic E-state index is 12.6. The lowest BCUT2D eigenvalue weighted by Crippen LogP contribution is -2.23. The van der Waals surface area contributed by atoms with Gasteiger partial charge in [0.15, 0.2) is 0 Å². The molecule has 0 saturated heterocycles. The number of hydrogen-bond donors (Lipinski definition) is 1. The lowest BCUT2D eigenvalue weighted by atomic mass is 9.98. The Labute approximate surface area is 182 Å². The highest BCUT2D eigenvalue weighted by atomic mass is 16.6. The Morgan fingerprint density at radius 1 is 1.00 bits per heavy atom. The van der Waals surface area contributed by atoms with Crippen LogP contribution in [-0.2, 0) is 19.1 Å². The molecule has 31 heavy (non-hydrogen) atoms. The highest BCUT2D eigenvalue weighted by Gasteiger charge is 2.23. The number of para-hydroxylation sites is 2. The molecule has 2 aromatic carbocycles. The molecule has 0 amide bonds. The van der Waals surface area contributed by atoms with Crippen LogP contribution in [0, 0.1) is 5.92 Å². The van der Waals surface area contributed by atoms with Gasteiger partial charge in [-0.3, -0.25) is 4.79 Å². The number of carbonyl (C=O) groups excluding carboxylic acids is 2. The first-order valence-corrected chi connectivity index (χ1v) is 10.6. The number of aliphatic hydroxyl groups is 1. The molecule has 1 N–H and O–H groups in total. The van der Waals surface area contributed by atoms with Gasteiger partial charge in [-0.1, -0.05) is 43.3 Å².